The number of rotatable bonds is 2. The van der Waals surface area contributed by atoms with Crippen LogP contribution in [0.2, 0.25) is 5.02 Å². The third kappa shape index (κ3) is 2.62. The highest BCUT2D eigenvalue weighted by Gasteiger charge is 2.28. The van der Waals surface area contributed by atoms with E-state index in [-0.39, 0.29) is 5.91 Å². The van der Waals surface area contributed by atoms with Crippen molar-refractivity contribution < 1.29 is 9.53 Å². The minimum absolute atomic E-state index is 0.238. The predicted molar refractivity (Wildman–Crippen MR) is 91.7 cm³/mol. The Hall–Kier alpha value is -1.85. The maximum absolute atomic E-state index is 12.3. The highest BCUT2D eigenvalue weighted by atomic mass is 79.9. The molecule has 1 N–H and O–H groups in total. The van der Waals surface area contributed by atoms with Gasteiger partial charge in [0.25, 0.3) is 5.91 Å². The van der Waals surface area contributed by atoms with Crippen molar-refractivity contribution in [2.24, 2.45) is 4.99 Å². The molecule has 6 heteroatoms. The normalized spacial score (nSPS) is 14.9. The lowest BCUT2D eigenvalue weighted by atomic mass is 10.1. The Morgan fingerprint density at radius 3 is 2.77 bits per heavy atom. The molecule has 0 saturated carbocycles. The van der Waals surface area contributed by atoms with Crippen molar-refractivity contribution in [3.63, 3.8) is 0 Å². The zero-order valence-corrected chi connectivity index (χ0v) is 14.2. The van der Waals surface area contributed by atoms with Crippen molar-refractivity contribution >= 4 is 50.5 Å². The fourth-order valence-corrected chi connectivity index (χ4v) is 3.11. The molecule has 0 saturated heterocycles. The Morgan fingerprint density at radius 1 is 1.27 bits per heavy atom. The number of benzene rings is 2. The van der Waals surface area contributed by atoms with Gasteiger partial charge in [-0.25, -0.2) is 4.99 Å². The van der Waals surface area contributed by atoms with Crippen molar-refractivity contribution in [1.82, 2.24) is 0 Å². The number of hydrogen-bond acceptors (Lipinski definition) is 3. The first-order valence-electron chi connectivity index (χ1n) is 6.53. The summed E-state index contributed by atoms with van der Waals surface area (Å²) in [5.41, 5.74) is 3.39. The smallest absolute Gasteiger partial charge is 0.275 e. The van der Waals surface area contributed by atoms with Crippen LogP contribution in [0.4, 0.5) is 11.4 Å². The summed E-state index contributed by atoms with van der Waals surface area (Å²) in [5, 5.41) is 3.38. The monoisotopic (exact) mass is 378 g/mol. The maximum atomic E-state index is 12.3. The van der Waals surface area contributed by atoms with Crippen LogP contribution in [0, 0.1) is 6.92 Å². The first-order valence-corrected chi connectivity index (χ1v) is 7.71. The second kappa shape index (κ2) is 5.74. The standard InChI is InChI=1S/C16H12BrClN2O2/c1-8-5-9(17)6-11-14(8)20-16(21)15(11)19-12-7-10(18)3-4-13(12)22-2/h3-7H,1-2H3,(H,19,20,21). The van der Waals surface area contributed by atoms with E-state index in [4.69, 9.17) is 16.3 Å². The molecule has 0 aromatic heterocycles. The molecule has 1 heterocycles. The quantitative estimate of drug-likeness (QED) is 0.835. The summed E-state index contributed by atoms with van der Waals surface area (Å²) >= 11 is 9.46. The van der Waals surface area contributed by atoms with E-state index >= 15 is 0 Å². The number of methoxy groups -OCH3 is 1. The number of amides is 1. The Kier molecular flexibility index (Phi) is 3.93. The molecule has 0 unspecified atom stereocenters. The summed E-state index contributed by atoms with van der Waals surface area (Å²) in [6, 6.07) is 8.93. The molecule has 1 aliphatic rings. The summed E-state index contributed by atoms with van der Waals surface area (Å²) in [6.45, 7) is 1.94. The number of anilines is 1. The number of halogens is 2. The molecule has 0 atom stereocenters. The van der Waals surface area contributed by atoms with Crippen LogP contribution in [0.1, 0.15) is 11.1 Å². The molecular weight excluding hydrogens is 368 g/mol. The van der Waals surface area contributed by atoms with Crippen LogP contribution in [0.25, 0.3) is 0 Å². The third-order valence-electron chi connectivity index (χ3n) is 3.38. The van der Waals surface area contributed by atoms with Gasteiger partial charge in [-0.15, -0.1) is 0 Å². The van der Waals surface area contributed by atoms with E-state index in [1.807, 2.05) is 19.1 Å². The number of hydrogen-bond donors (Lipinski definition) is 1. The number of nitrogens with zero attached hydrogens (tertiary/aromatic N) is 1. The first-order chi connectivity index (χ1) is 10.5. The van der Waals surface area contributed by atoms with Gasteiger partial charge in [0.05, 0.1) is 12.8 Å². The Labute approximate surface area is 141 Å². The fraction of sp³-hybridized carbons (Fsp3) is 0.125. The molecule has 3 rings (SSSR count). The highest BCUT2D eigenvalue weighted by Crippen LogP contribution is 2.35. The van der Waals surface area contributed by atoms with Gasteiger partial charge in [0, 0.05) is 15.1 Å². The maximum Gasteiger partial charge on any atom is 0.275 e. The predicted octanol–water partition coefficient (Wildman–Crippen LogP) is 4.49. The molecule has 4 nitrogen and oxygen atoms in total. The molecule has 2 aromatic rings. The van der Waals surface area contributed by atoms with Crippen LogP contribution in [-0.4, -0.2) is 18.7 Å². The molecule has 2 aromatic carbocycles. The van der Waals surface area contributed by atoms with Gasteiger partial charge in [-0.3, -0.25) is 4.79 Å². The average molecular weight is 380 g/mol. The Bertz CT molecular complexity index is 818. The Morgan fingerprint density at radius 2 is 2.05 bits per heavy atom. The van der Waals surface area contributed by atoms with Gasteiger partial charge in [-0.05, 0) is 42.8 Å². The number of ether oxygens (including phenoxy) is 1. The minimum Gasteiger partial charge on any atom is -0.494 e. The van der Waals surface area contributed by atoms with E-state index in [9.17, 15) is 4.79 Å². The summed E-state index contributed by atoms with van der Waals surface area (Å²) in [7, 11) is 1.55. The zero-order chi connectivity index (χ0) is 15.9. The number of carbonyl (C=O) groups excluding carboxylic acids is 1. The van der Waals surface area contributed by atoms with Crippen LogP contribution in [0.15, 0.2) is 39.8 Å². The number of aliphatic imine (C=N–C) groups is 1. The summed E-state index contributed by atoms with van der Waals surface area (Å²) in [4.78, 5) is 16.7. The molecule has 0 aliphatic carbocycles. The molecule has 0 bridgehead atoms. The number of carbonyl (C=O) groups is 1. The molecule has 1 aliphatic heterocycles. The van der Waals surface area contributed by atoms with E-state index in [0.29, 0.717) is 22.2 Å². The van der Waals surface area contributed by atoms with E-state index in [1.165, 1.54) is 0 Å². The van der Waals surface area contributed by atoms with Crippen molar-refractivity contribution in [2.45, 2.75) is 6.92 Å². The zero-order valence-electron chi connectivity index (χ0n) is 11.9. The molecule has 1 amide bonds. The largest absolute Gasteiger partial charge is 0.494 e. The van der Waals surface area contributed by atoms with E-state index in [1.54, 1.807) is 25.3 Å². The van der Waals surface area contributed by atoms with Gasteiger partial charge < -0.3 is 10.1 Å². The highest BCUT2D eigenvalue weighted by molar-refractivity contribution is 9.10. The van der Waals surface area contributed by atoms with Crippen LogP contribution in [0.3, 0.4) is 0 Å². The molecule has 112 valence electrons. The van der Waals surface area contributed by atoms with Crippen LogP contribution >= 0.6 is 27.5 Å². The van der Waals surface area contributed by atoms with Crippen molar-refractivity contribution in [3.8, 4) is 5.75 Å². The number of nitrogens with one attached hydrogen (secondary N) is 1. The Balaban J connectivity index is 2.18. The molecular formula is C16H12BrClN2O2. The first kappa shape index (κ1) is 15.1. The van der Waals surface area contributed by atoms with Gasteiger partial charge in [0.1, 0.15) is 17.1 Å². The molecule has 0 radical (unpaired) electrons. The van der Waals surface area contributed by atoms with Gasteiger partial charge in [-0.1, -0.05) is 27.5 Å². The van der Waals surface area contributed by atoms with E-state index in [2.05, 4.69) is 26.2 Å². The second-order valence-corrected chi connectivity index (χ2v) is 6.23. The average Bonchev–Trinajstić information content (AvgIpc) is 2.77. The van der Waals surface area contributed by atoms with Crippen LogP contribution < -0.4 is 10.1 Å². The lowest BCUT2D eigenvalue weighted by molar-refractivity contribution is -0.110. The molecule has 0 spiro atoms. The topological polar surface area (TPSA) is 50.7 Å². The second-order valence-electron chi connectivity index (χ2n) is 4.88. The van der Waals surface area contributed by atoms with Gasteiger partial charge >= 0.3 is 0 Å². The van der Waals surface area contributed by atoms with Gasteiger partial charge in [0.2, 0.25) is 0 Å². The van der Waals surface area contributed by atoms with Crippen molar-refractivity contribution in [3.05, 3.63) is 51.0 Å². The van der Waals surface area contributed by atoms with Gasteiger partial charge in [-0.2, -0.15) is 0 Å². The SMILES string of the molecule is COc1ccc(Cl)cc1N=C1C(=O)Nc2c(C)cc(Br)cc21. The lowest BCUT2D eigenvalue weighted by Crippen LogP contribution is -2.14. The van der Waals surface area contributed by atoms with Crippen molar-refractivity contribution in [2.75, 3.05) is 12.4 Å². The fourth-order valence-electron chi connectivity index (χ4n) is 2.37. The minimum atomic E-state index is -0.238. The summed E-state index contributed by atoms with van der Waals surface area (Å²) in [5.74, 6) is 0.322. The van der Waals surface area contributed by atoms with Crippen molar-refractivity contribution in [1.29, 1.82) is 0 Å². The van der Waals surface area contributed by atoms with Gasteiger partial charge in [0.15, 0.2) is 0 Å². The molecule has 0 fully saturated rings. The third-order valence-corrected chi connectivity index (χ3v) is 4.08. The van der Waals surface area contributed by atoms with Crippen LogP contribution in [-0.2, 0) is 4.79 Å². The number of fused-ring (bicyclic) bond motifs is 1. The lowest BCUT2D eigenvalue weighted by Gasteiger charge is -2.06. The summed E-state index contributed by atoms with van der Waals surface area (Å²) < 4.78 is 6.17. The summed E-state index contributed by atoms with van der Waals surface area (Å²) in [6.07, 6.45) is 0. The van der Waals surface area contributed by atoms with E-state index in [0.717, 1.165) is 21.3 Å². The van der Waals surface area contributed by atoms with E-state index < -0.39 is 0 Å². The molecule has 22 heavy (non-hydrogen) atoms. The van der Waals surface area contributed by atoms with Crippen LogP contribution in [0.5, 0.6) is 5.75 Å². The number of aryl methyl sites for hydroxylation is 1.